The van der Waals surface area contributed by atoms with Crippen molar-refractivity contribution in [3.63, 3.8) is 0 Å². The molecule has 18 heavy (non-hydrogen) atoms. The van der Waals surface area contributed by atoms with Crippen LogP contribution in [0.3, 0.4) is 0 Å². The summed E-state index contributed by atoms with van der Waals surface area (Å²) >= 11 is 0. The summed E-state index contributed by atoms with van der Waals surface area (Å²) < 4.78 is 0. The molecule has 1 atom stereocenters. The average Bonchev–Trinajstić information content (AvgIpc) is 2.35. The molecule has 3 nitrogen and oxygen atoms in total. The molecule has 100 valence electrons. The van der Waals surface area contributed by atoms with Crippen molar-refractivity contribution in [3.8, 4) is 5.75 Å². The van der Waals surface area contributed by atoms with Crippen molar-refractivity contribution in [3.05, 3.63) is 29.3 Å². The number of rotatable bonds is 3. The highest BCUT2D eigenvalue weighted by atomic mass is 16.3. The molecule has 0 radical (unpaired) electrons. The predicted molar refractivity (Wildman–Crippen MR) is 72.7 cm³/mol. The summed E-state index contributed by atoms with van der Waals surface area (Å²) in [6, 6.07) is 6.30. The van der Waals surface area contributed by atoms with Crippen molar-refractivity contribution in [2.75, 3.05) is 0 Å². The van der Waals surface area contributed by atoms with Gasteiger partial charge in [-0.05, 0) is 45.6 Å². The molecule has 0 bridgehead atoms. The highest BCUT2D eigenvalue weighted by molar-refractivity contribution is 5.37. The van der Waals surface area contributed by atoms with Gasteiger partial charge in [-0.25, -0.2) is 0 Å². The number of aromatic hydroxyl groups is 1. The maximum Gasteiger partial charge on any atom is 0.120 e. The molecule has 0 aliphatic heterocycles. The third-order valence-corrected chi connectivity index (χ3v) is 3.83. The summed E-state index contributed by atoms with van der Waals surface area (Å²) in [5.74, 6) is 0.358. The molecule has 1 aromatic carbocycles. The van der Waals surface area contributed by atoms with Crippen LogP contribution in [-0.2, 0) is 0 Å². The van der Waals surface area contributed by atoms with Crippen molar-refractivity contribution in [2.24, 2.45) is 0 Å². The van der Waals surface area contributed by atoms with Crippen molar-refractivity contribution in [1.82, 2.24) is 5.32 Å². The van der Waals surface area contributed by atoms with E-state index in [9.17, 15) is 10.2 Å². The van der Waals surface area contributed by atoms with E-state index in [1.807, 2.05) is 19.1 Å². The SMILES string of the molecule is Cc1ccc(O)c(C(C)NC2CCC(O)CC2)c1. The lowest BCUT2D eigenvalue weighted by Crippen LogP contribution is -2.36. The number of nitrogens with one attached hydrogen (secondary N) is 1. The summed E-state index contributed by atoms with van der Waals surface area (Å²) in [6.07, 6.45) is 3.66. The molecular formula is C15H23NO2. The second kappa shape index (κ2) is 5.72. The fourth-order valence-electron chi connectivity index (χ4n) is 2.71. The molecule has 1 aliphatic rings. The average molecular weight is 249 g/mol. The summed E-state index contributed by atoms with van der Waals surface area (Å²) in [5, 5.41) is 22.9. The summed E-state index contributed by atoms with van der Waals surface area (Å²) in [7, 11) is 0. The van der Waals surface area contributed by atoms with E-state index in [1.165, 1.54) is 0 Å². The van der Waals surface area contributed by atoms with Gasteiger partial charge in [0.2, 0.25) is 0 Å². The summed E-state index contributed by atoms with van der Waals surface area (Å²) in [5.41, 5.74) is 2.12. The smallest absolute Gasteiger partial charge is 0.120 e. The Morgan fingerprint density at radius 3 is 2.56 bits per heavy atom. The normalized spacial score (nSPS) is 25.9. The second-order valence-electron chi connectivity index (χ2n) is 5.46. The minimum Gasteiger partial charge on any atom is -0.508 e. The standard InChI is InChI=1S/C15H23NO2/c1-10-3-8-15(18)14(9-10)11(2)16-12-4-6-13(17)7-5-12/h3,8-9,11-13,16-18H,4-7H2,1-2H3. The molecule has 0 spiro atoms. The zero-order valence-corrected chi connectivity index (χ0v) is 11.2. The highest BCUT2D eigenvalue weighted by Crippen LogP contribution is 2.27. The minimum atomic E-state index is -0.120. The molecule has 1 unspecified atom stereocenters. The van der Waals surface area contributed by atoms with E-state index in [1.54, 1.807) is 6.07 Å². The van der Waals surface area contributed by atoms with Crippen LogP contribution < -0.4 is 5.32 Å². The monoisotopic (exact) mass is 249 g/mol. The first-order valence-electron chi connectivity index (χ1n) is 6.80. The number of hydrogen-bond donors (Lipinski definition) is 3. The van der Waals surface area contributed by atoms with E-state index in [-0.39, 0.29) is 12.1 Å². The van der Waals surface area contributed by atoms with Crippen molar-refractivity contribution < 1.29 is 10.2 Å². The Bertz CT molecular complexity index is 397. The van der Waals surface area contributed by atoms with Crippen LogP contribution in [0, 0.1) is 6.92 Å². The van der Waals surface area contributed by atoms with Crippen molar-refractivity contribution >= 4 is 0 Å². The first-order valence-corrected chi connectivity index (χ1v) is 6.80. The Kier molecular flexibility index (Phi) is 4.25. The number of aliphatic hydroxyl groups excluding tert-OH is 1. The van der Waals surface area contributed by atoms with Gasteiger partial charge in [0.05, 0.1) is 6.10 Å². The van der Waals surface area contributed by atoms with E-state index in [2.05, 4.69) is 12.2 Å². The highest BCUT2D eigenvalue weighted by Gasteiger charge is 2.21. The maximum absolute atomic E-state index is 9.90. The first kappa shape index (κ1) is 13.4. The van der Waals surface area contributed by atoms with E-state index in [0.717, 1.165) is 36.8 Å². The number of phenolic OH excluding ortho intramolecular Hbond substituents is 1. The molecule has 2 rings (SSSR count). The third-order valence-electron chi connectivity index (χ3n) is 3.83. The van der Waals surface area contributed by atoms with Gasteiger partial charge in [-0.1, -0.05) is 17.7 Å². The van der Waals surface area contributed by atoms with Gasteiger partial charge < -0.3 is 15.5 Å². The second-order valence-corrected chi connectivity index (χ2v) is 5.46. The first-order chi connectivity index (χ1) is 8.56. The topological polar surface area (TPSA) is 52.5 Å². The lowest BCUT2D eigenvalue weighted by molar-refractivity contribution is 0.114. The maximum atomic E-state index is 9.90. The van der Waals surface area contributed by atoms with E-state index in [0.29, 0.717) is 11.8 Å². The van der Waals surface area contributed by atoms with Crippen molar-refractivity contribution in [2.45, 2.75) is 57.7 Å². The summed E-state index contributed by atoms with van der Waals surface area (Å²) in [4.78, 5) is 0. The van der Waals surface area contributed by atoms with Gasteiger partial charge in [-0.2, -0.15) is 0 Å². The molecule has 1 saturated carbocycles. The lowest BCUT2D eigenvalue weighted by atomic mass is 9.92. The van der Waals surface area contributed by atoms with Gasteiger partial charge in [0.15, 0.2) is 0 Å². The quantitative estimate of drug-likeness (QED) is 0.772. The molecule has 0 aromatic heterocycles. The Morgan fingerprint density at radius 1 is 1.22 bits per heavy atom. The van der Waals surface area contributed by atoms with Crippen molar-refractivity contribution in [1.29, 1.82) is 0 Å². The van der Waals surface area contributed by atoms with Crippen LogP contribution in [0.2, 0.25) is 0 Å². The van der Waals surface area contributed by atoms with Gasteiger partial charge in [0, 0.05) is 17.6 Å². The van der Waals surface area contributed by atoms with E-state index >= 15 is 0 Å². The minimum absolute atomic E-state index is 0.120. The molecular weight excluding hydrogens is 226 g/mol. The van der Waals surface area contributed by atoms with Gasteiger partial charge >= 0.3 is 0 Å². The van der Waals surface area contributed by atoms with Gasteiger partial charge in [-0.15, -0.1) is 0 Å². The summed E-state index contributed by atoms with van der Waals surface area (Å²) in [6.45, 7) is 4.12. The van der Waals surface area contributed by atoms with Crippen LogP contribution in [0.1, 0.15) is 49.8 Å². The van der Waals surface area contributed by atoms with Gasteiger partial charge in [0.25, 0.3) is 0 Å². The third kappa shape index (κ3) is 3.24. The van der Waals surface area contributed by atoms with Crippen LogP contribution in [0.15, 0.2) is 18.2 Å². The molecule has 3 N–H and O–H groups in total. The zero-order chi connectivity index (χ0) is 13.1. The molecule has 0 amide bonds. The van der Waals surface area contributed by atoms with Crippen LogP contribution in [0.5, 0.6) is 5.75 Å². The molecule has 1 fully saturated rings. The number of benzene rings is 1. The molecule has 0 saturated heterocycles. The number of hydrogen-bond acceptors (Lipinski definition) is 3. The van der Waals surface area contributed by atoms with Crippen LogP contribution in [0.25, 0.3) is 0 Å². The van der Waals surface area contributed by atoms with Crippen LogP contribution in [-0.4, -0.2) is 22.4 Å². The molecule has 1 aromatic rings. The predicted octanol–water partition coefficient (Wildman–Crippen LogP) is 2.65. The Hall–Kier alpha value is -1.06. The fraction of sp³-hybridized carbons (Fsp3) is 0.600. The van der Waals surface area contributed by atoms with Crippen LogP contribution >= 0.6 is 0 Å². The number of aryl methyl sites for hydroxylation is 1. The van der Waals surface area contributed by atoms with Gasteiger partial charge in [-0.3, -0.25) is 0 Å². The molecule has 3 heteroatoms. The zero-order valence-electron chi connectivity index (χ0n) is 11.2. The Balaban J connectivity index is 1.98. The fourth-order valence-corrected chi connectivity index (χ4v) is 2.71. The van der Waals surface area contributed by atoms with Gasteiger partial charge in [0.1, 0.15) is 5.75 Å². The lowest BCUT2D eigenvalue weighted by Gasteiger charge is -2.29. The van der Waals surface area contributed by atoms with E-state index < -0.39 is 0 Å². The molecule has 0 heterocycles. The van der Waals surface area contributed by atoms with Crippen LogP contribution in [0.4, 0.5) is 0 Å². The largest absolute Gasteiger partial charge is 0.508 e. The number of aliphatic hydroxyl groups is 1. The Labute approximate surface area is 109 Å². The Morgan fingerprint density at radius 2 is 1.89 bits per heavy atom. The van der Waals surface area contributed by atoms with E-state index in [4.69, 9.17) is 0 Å². The molecule has 1 aliphatic carbocycles. The number of phenols is 1.